The molecule has 1 N–H and O–H groups in total. The highest BCUT2D eigenvalue weighted by Gasteiger charge is 2.11. The van der Waals surface area contributed by atoms with Crippen LogP contribution in [-0.2, 0) is 6.54 Å². The topological polar surface area (TPSA) is 68.3 Å². The van der Waals surface area contributed by atoms with E-state index < -0.39 is 0 Å². The maximum absolute atomic E-state index is 11.7. The Hall–Kier alpha value is -2.34. The van der Waals surface area contributed by atoms with Crippen LogP contribution in [0, 0.1) is 0 Å². The van der Waals surface area contributed by atoms with Crippen molar-refractivity contribution in [1.82, 2.24) is 10.5 Å². The van der Waals surface area contributed by atoms with E-state index in [1.807, 2.05) is 23.6 Å². The molecule has 96 valence electrons. The van der Waals surface area contributed by atoms with Gasteiger partial charge in [-0.15, -0.1) is 11.3 Å². The predicted octanol–water partition coefficient (Wildman–Crippen LogP) is 2.93. The third-order valence-corrected chi connectivity index (χ3v) is 3.38. The summed E-state index contributed by atoms with van der Waals surface area (Å²) in [5, 5.41) is 8.59. The number of aromatic nitrogens is 1. The molecular formula is C13H10N2O3S. The fourth-order valence-electron chi connectivity index (χ4n) is 1.60. The number of nitrogens with one attached hydrogen (secondary N) is 1. The van der Waals surface area contributed by atoms with E-state index in [2.05, 4.69) is 10.5 Å². The van der Waals surface area contributed by atoms with Crippen LogP contribution in [0.2, 0.25) is 0 Å². The number of hydrogen-bond donors (Lipinski definition) is 1. The maximum Gasteiger partial charge on any atom is 0.287 e. The SMILES string of the molecule is O=C(NCc1cc(-c2cccs2)on1)c1ccco1. The Morgan fingerprint density at radius 1 is 1.37 bits per heavy atom. The van der Waals surface area contributed by atoms with Crippen LogP contribution < -0.4 is 5.32 Å². The molecule has 0 aromatic carbocycles. The van der Waals surface area contributed by atoms with Crippen LogP contribution in [0.15, 0.2) is 50.9 Å². The number of carbonyl (C=O) groups is 1. The van der Waals surface area contributed by atoms with Crippen LogP contribution in [0.25, 0.3) is 10.6 Å². The summed E-state index contributed by atoms with van der Waals surface area (Å²) in [5.74, 6) is 0.713. The molecule has 3 rings (SSSR count). The smallest absolute Gasteiger partial charge is 0.287 e. The van der Waals surface area contributed by atoms with Crippen molar-refractivity contribution in [2.75, 3.05) is 0 Å². The van der Waals surface area contributed by atoms with E-state index in [4.69, 9.17) is 8.94 Å². The number of furan rings is 1. The first-order chi connectivity index (χ1) is 9.33. The summed E-state index contributed by atoms with van der Waals surface area (Å²) in [6.07, 6.45) is 1.46. The lowest BCUT2D eigenvalue weighted by molar-refractivity contribution is 0.0922. The fraction of sp³-hybridized carbons (Fsp3) is 0.0769. The van der Waals surface area contributed by atoms with Gasteiger partial charge in [-0.25, -0.2) is 0 Å². The molecule has 0 aliphatic carbocycles. The van der Waals surface area contributed by atoms with E-state index in [0.717, 1.165) is 4.88 Å². The van der Waals surface area contributed by atoms with E-state index in [1.54, 1.807) is 23.5 Å². The first-order valence-corrected chi connectivity index (χ1v) is 6.52. The number of amides is 1. The zero-order valence-electron chi connectivity index (χ0n) is 9.83. The highest BCUT2D eigenvalue weighted by Crippen LogP contribution is 2.24. The van der Waals surface area contributed by atoms with E-state index in [0.29, 0.717) is 18.0 Å². The van der Waals surface area contributed by atoms with E-state index >= 15 is 0 Å². The number of hydrogen-bond acceptors (Lipinski definition) is 5. The quantitative estimate of drug-likeness (QED) is 0.794. The van der Waals surface area contributed by atoms with E-state index in [-0.39, 0.29) is 11.7 Å². The molecule has 0 saturated heterocycles. The molecule has 0 aliphatic rings. The van der Waals surface area contributed by atoms with Gasteiger partial charge in [-0.05, 0) is 23.6 Å². The predicted molar refractivity (Wildman–Crippen MR) is 69.7 cm³/mol. The zero-order valence-corrected chi connectivity index (χ0v) is 10.6. The van der Waals surface area contributed by atoms with Crippen LogP contribution in [-0.4, -0.2) is 11.1 Å². The minimum Gasteiger partial charge on any atom is -0.459 e. The molecule has 0 atom stereocenters. The summed E-state index contributed by atoms with van der Waals surface area (Å²) in [4.78, 5) is 12.7. The fourth-order valence-corrected chi connectivity index (χ4v) is 2.27. The second-order valence-corrected chi connectivity index (χ2v) is 4.77. The van der Waals surface area contributed by atoms with Crippen LogP contribution in [0.3, 0.4) is 0 Å². The average molecular weight is 274 g/mol. The average Bonchev–Trinajstić information content (AvgIpc) is 3.14. The van der Waals surface area contributed by atoms with Gasteiger partial charge in [0.25, 0.3) is 5.91 Å². The van der Waals surface area contributed by atoms with Crippen LogP contribution >= 0.6 is 11.3 Å². The minimum atomic E-state index is -0.273. The van der Waals surface area contributed by atoms with Gasteiger partial charge >= 0.3 is 0 Å². The van der Waals surface area contributed by atoms with Crippen LogP contribution in [0.1, 0.15) is 16.2 Å². The van der Waals surface area contributed by atoms with Crippen LogP contribution in [0.5, 0.6) is 0 Å². The Morgan fingerprint density at radius 2 is 2.32 bits per heavy atom. The third kappa shape index (κ3) is 2.58. The molecule has 0 spiro atoms. The van der Waals surface area contributed by atoms with Gasteiger partial charge in [0, 0.05) is 6.07 Å². The molecule has 5 nitrogen and oxygen atoms in total. The summed E-state index contributed by atoms with van der Waals surface area (Å²) in [7, 11) is 0. The van der Waals surface area contributed by atoms with Crippen molar-refractivity contribution < 1.29 is 13.7 Å². The zero-order chi connectivity index (χ0) is 13.1. The minimum absolute atomic E-state index is 0.273. The van der Waals surface area contributed by atoms with Crippen molar-refractivity contribution in [3.8, 4) is 10.6 Å². The molecule has 0 bridgehead atoms. The van der Waals surface area contributed by atoms with Gasteiger partial charge in [-0.1, -0.05) is 11.2 Å². The van der Waals surface area contributed by atoms with Crippen molar-refractivity contribution in [3.05, 3.63) is 53.4 Å². The lowest BCUT2D eigenvalue weighted by atomic mass is 10.3. The normalized spacial score (nSPS) is 10.5. The van der Waals surface area contributed by atoms with Gasteiger partial charge in [-0.3, -0.25) is 4.79 Å². The molecule has 6 heteroatoms. The van der Waals surface area contributed by atoms with Crippen molar-refractivity contribution in [1.29, 1.82) is 0 Å². The molecule has 3 aromatic rings. The summed E-state index contributed by atoms with van der Waals surface area (Å²) in [5.41, 5.74) is 0.670. The lowest BCUT2D eigenvalue weighted by Gasteiger charge is -1.98. The summed E-state index contributed by atoms with van der Waals surface area (Å²) in [6, 6.07) is 8.99. The Labute approximate surface area is 112 Å². The highest BCUT2D eigenvalue weighted by atomic mass is 32.1. The Bertz CT molecular complexity index is 656. The lowest BCUT2D eigenvalue weighted by Crippen LogP contribution is -2.22. The second kappa shape index (κ2) is 5.11. The second-order valence-electron chi connectivity index (χ2n) is 3.82. The van der Waals surface area contributed by atoms with Gasteiger partial charge in [0.05, 0.1) is 17.7 Å². The molecule has 0 saturated carbocycles. The molecule has 3 heterocycles. The maximum atomic E-state index is 11.7. The van der Waals surface area contributed by atoms with Crippen molar-refractivity contribution in [2.24, 2.45) is 0 Å². The first-order valence-electron chi connectivity index (χ1n) is 5.64. The number of thiophene rings is 1. The molecule has 0 radical (unpaired) electrons. The van der Waals surface area contributed by atoms with Crippen molar-refractivity contribution in [2.45, 2.75) is 6.54 Å². The monoisotopic (exact) mass is 274 g/mol. The van der Waals surface area contributed by atoms with Crippen molar-refractivity contribution >= 4 is 17.2 Å². The van der Waals surface area contributed by atoms with Crippen LogP contribution in [0.4, 0.5) is 0 Å². The van der Waals surface area contributed by atoms with Gasteiger partial charge < -0.3 is 14.3 Å². The molecule has 1 amide bonds. The summed E-state index contributed by atoms with van der Waals surface area (Å²) in [6.45, 7) is 0.300. The third-order valence-electron chi connectivity index (χ3n) is 2.50. The Morgan fingerprint density at radius 3 is 3.05 bits per heavy atom. The number of rotatable bonds is 4. The Kier molecular flexibility index (Phi) is 3.16. The highest BCUT2D eigenvalue weighted by molar-refractivity contribution is 7.13. The van der Waals surface area contributed by atoms with Gasteiger partial charge in [0.15, 0.2) is 11.5 Å². The molecule has 0 aliphatic heterocycles. The standard InChI is InChI=1S/C13H10N2O3S/c16-13(10-3-1-5-17-10)14-8-9-7-11(18-15-9)12-4-2-6-19-12/h1-7H,8H2,(H,14,16). The molecule has 0 fully saturated rings. The molecule has 3 aromatic heterocycles. The number of nitrogens with zero attached hydrogens (tertiary/aromatic N) is 1. The van der Waals surface area contributed by atoms with Gasteiger partial charge in [0.1, 0.15) is 5.69 Å². The summed E-state index contributed by atoms with van der Waals surface area (Å²) >= 11 is 1.58. The van der Waals surface area contributed by atoms with E-state index in [9.17, 15) is 4.79 Å². The largest absolute Gasteiger partial charge is 0.459 e. The molecule has 0 unspecified atom stereocenters. The summed E-state index contributed by atoms with van der Waals surface area (Å²) < 4.78 is 10.2. The molecular weight excluding hydrogens is 264 g/mol. The number of carbonyl (C=O) groups excluding carboxylic acids is 1. The van der Waals surface area contributed by atoms with E-state index in [1.165, 1.54) is 6.26 Å². The van der Waals surface area contributed by atoms with Gasteiger partial charge in [-0.2, -0.15) is 0 Å². The molecule has 19 heavy (non-hydrogen) atoms. The Balaban J connectivity index is 1.63. The van der Waals surface area contributed by atoms with Crippen molar-refractivity contribution in [3.63, 3.8) is 0 Å². The van der Waals surface area contributed by atoms with Gasteiger partial charge in [0.2, 0.25) is 0 Å². The first kappa shape index (κ1) is 11.7.